The molecule has 1 aliphatic rings. The number of likely N-dealkylation sites (N-methyl/N-ethyl adjacent to an activating group) is 1. The average molecular weight is 280 g/mol. The highest BCUT2D eigenvalue weighted by Gasteiger charge is 2.40. The first-order chi connectivity index (χ1) is 10.2. The fraction of sp³-hybridized carbons (Fsp3) is 0.176. The van der Waals surface area contributed by atoms with Crippen molar-refractivity contribution >= 4 is 11.8 Å². The summed E-state index contributed by atoms with van der Waals surface area (Å²) in [6.45, 7) is 0. The zero-order valence-electron chi connectivity index (χ0n) is 11.7. The maximum absolute atomic E-state index is 11.7. The van der Waals surface area contributed by atoms with Crippen molar-refractivity contribution in [1.82, 2.24) is 4.90 Å². The largest absolute Gasteiger partial charge is 0.480 e. The van der Waals surface area contributed by atoms with Gasteiger partial charge in [0.25, 0.3) is 0 Å². The van der Waals surface area contributed by atoms with Crippen molar-refractivity contribution in [2.45, 2.75) is 12.1 Å². The summed E-state index contributed by atoms with van der Waals surface area (Å²) in [6.07, 6.45) is 0. The molecule has 0 fully saturated rings. The zero-order valence-corrected chi connectivity index (χ0v) is 11.7. The number of aliphatic imine (C=N–C) groups is 1. The molecule has 3 rings (SSSR count). The van der Waals surface area contributed by atoms with E-state index in [1.165, 1.54) is 0 Å². The molecule has 1 N–H and O–H groups in total. The van der Waals surface area contributed by atoms with Gasteiger partial charge in [-0.3, -0.25) is 4.99 Å². The Hall–Kier alpha value is -2.62. The van der Waals surface area contributed by atoms with Gasteiger partial charge in [-0.15, -0.1) is 0 Å². The van der Waals surface area contributed by atoms with Gasteiger partial charge in [-0.1, -0.05) is 60.7 Å². The Morgan fingerprint density at radius 1 is 1.05 bits per heavy atom. The standard InChI is InChI=1S/C17H16N2O2/c1-19-15(17(20)21)14(12-8-4-2-5-9-12)18-16(19)13-10-6-3-7-11-13/h2-11,14-15H,1H3,(H,20,21). The van der Waals surface area contributed by atoms with Crippen LogP contribution in [0, 0.1) is 0 Å². The van der Waals surface area contributed by atoms with Crippen molar-refractivity contribution in [2.24, 2.45) is 4.99 Å². The number of hydrogen-bond donors (Lipinski definition) is 1. The Kier molecular flexibility index (Phi) is 3.44. The van der Waals surface area contributed by atoms with E-state index in [0.717, 1.165) is 17.0 Å². The van der Waals surface area contributed by atoms with Gasteiger partial charge in [-0.2, -0.15) is 0 Å². The van der Waals surface area contributed by atoms with E-state index < -0.39 is 12.0 Å². The van der Waals surface area contributed by atoms with E-state index in [-0.39, 0.29) is 6.04 Å². The van der Waals surface area contributed by atoms with Crippen molar-refractivity contribution in [2.75, 3.05) is 7.05 Å². The Balaban J connectivity index is 2.05. The minimum Gasteiger partial charge on any atom is -0.480 e. The Morgan fingerprint density at radius 2 is 1.62 bits per heavy atom. The first-order valence-electron chi connectivity index (χ1n) is 6.82. The minimum atomic E-state index is -0.860. The van der Waals surface area contributed by atoms with Crippen LogP contribution in [-0.2, 0) is 4.79 Å². The first-order valence-corrected chi connectivity index (χ1v) is 6.82. The molecule has 0 saturated carbocycles. The van der Waals surface area contributed by atoms with E-state index in [4.69, 9.17) is 0 Å². The number of hydrogen-bond acceptors (Lipinski definition) is 3. The number of rotatable bonds is 3. The molecule has 0 spiro atoms. The maximum atomic E-state index is 11.7. The summed E-state index contributed by atoms with van der Waals surface area (Å²) in [5, 5.41) is 9.57. The molecule has 4 heteroatoms. The minimum absolute atomic E-state index is 0.385. The third-order valence-corrected chi connectivity index (χ3v) is 3.74. The van der Waals surface area contributed by atoms with Gasteiger partial charge in [0, 0.05) is 12.6 Å². The third-order valence-electron chi connectivity index (χ3n) is 3.74. The molecular formula is C17H16N2O2. The zero-order chi connectivity index (χ0) is 14.8. The smallest absolute Gasteiger partial charge is 0.328 e. The number of aliphatic carboxylic acids is 1. The van der Waals surface area contributed by atoms with E-state index in [1.54, 1.807) is 11.9 Å². The van der Waals surface area contributed by atoms with Gasteiger partial charge in [0.1, 0.15) is 11.9 Å². The normalized spacial score (nSPS) is 21.2. The lowest BCUT2D eigenvalue weighted by atomic mass is 10.0. The van der Waals surface area contributed by atoms with Crippen LogP contribution in [-0.4, -0.2) is 34.9 Å². The Bertz CT molecular complexity index is 668. The molecule has 2 aromatic rings. The molecule has 0 saturated heterocycles. The van der Waals surface area contributed by atoms with Gasteiger partial charge in [0.05, 0.1) is 0 Å². The molecule has 0 amide bonds. The molecule has 1 aliphatic heterocycles. The number of carboxylic acids is 1. The predicted molar refractivity (Wildman–Crippen MR) is 81.3 cm³/mol. The van der Waals surface area contributed by atoms with Gasteiger partial charge in [0.2, 0.25) is 0 Å². The molecule has 106 valence electrons. The molecule has 0 aliphatic carbocycles. The molecule has 4 nitrogen and oxygen atoms in total. The lowest BCUT2D eigenvalue weighted by Gasteiger charge is -2.23. The van der Waals surface area contributed by atoms with Crippen LogP contribution in [0.15, 0.2) is 65.7 Å². The molecule has 0 aromatic heterocycles. The highest BCUT2D eigenvalue weighted by atomic mass is 16.4. The second kappa shape index (κ2) is 5.40. The van der Waals surface area contributed by atoms with Gasteiger partial charge in [0.15, 0.2) is 6.04 Å². The molecule has 1 heterocycles. The van der Waals surface area contributed by atoms with Crippen LogP contribution in [0.2, 0.25) is 0 Å². The van der Waals surface area contributed by atoms with Crippen molar-refractivity contribution < 1.29 is 9.90 Å². The lowest BCUT2D eigenvalue weighted by Crippen LogP contribution is -2.40. The van der Waals surface area contributed by atoms with E-state index in [1.807, 2.05) is 60.7 Å². The van der Waals surface area contributed by atoms with Crippen LogP contribution in [0.5, 0.6) is 0 Å². The summed E-state index contributed by atoms with van der Waals surface area (Å²) >= 11 is 0. The van der Waals surface area contributed by atoms with Gasteiger partial charge < -0.3 is 10.0 Å². The third kappa shape index (κ3) is 2.40. The van der Waals surface area contributed by atoms with Crippen molar-refractivity contribution in [3.8, 4) is 0 Å². The molecular weight excluding hydrogens is 264 g/mol. The fourth-order valence-electron chi connectivity index (χ4n) is 2.71. The van der Waals surface area contributed by atoms with Gasteiger partial charge in [-0.05, 0) is 5.56 Å². The van der Waals surface area contributed by atoms with Gasteiger partial charge >= 0.3 is 5.97 Å². The summed E-state index contributed by atoms with van der Waals surface area (Å²) in [4.78, 5) is 18.1. The molecule has 2 unspecified atom stereocenters. The number of carbonyl (C=O) groups is 1. The SMILES string of the molecule is CN1C(c2ccccc2)=NC(c2ccccc2)C1C(=O)O. The van der Waals surface area contributed by atoms with Crippen LogP contribution in [0.25, 0.3) is 0 Å². The molecule has 0 radical (unpaired) electrons. The van der Waals surface area contributed by atoms with Crippen LogP contribution >= 0.6 is 0 Å². The predicted octanol–water partition coefficient (Wildman–Crippen LogP) is 2.57. The summed E-state index contributed by atoms with van der Waals surface area (Å²) in [5.74, 6) is -0.141. The van der Waals surface area contributed by atoms with Crippen LogP contribution in [0.1, 0.15) is 17.2 Å². The fourth-order valence-corrected chi connectivity index (χ4v) is 2.71. The summed E-state index contributed by atoms with van der Waals surface area (Å²) in [7, 11) is 1.79. The molecule has 21 heavy (non-hydrogen) atoms. The Labute approximate surface area is 123 Å². The van der Waals surface area contributed by atoms with Crippen LogP contribution in [0.3, 0.4) is 0 Å². The second-order valence-corrected chi connectivity index (χ2v) is 5.07. The van der Waals surface area contributed by atoms with Crippen LogP contribution < -0.4 is 0 Å². The molecule has 0 bridgehead atoms. The van der Waals surface area contributed by atoms with Crippen LogP contribution in [0.4, 0.5) is 0 Å². The lowest BCUT2D eigenvalue weighted by molar-refractivity contribution is -0.141. The van der Waals surface area contributed by atoms with Crippen molar-refractivity contribution in [3.05, 3.63) is 71.8 Å². The van der Waals surface area contributed by atoms with E-state index in [0.29, 0.717) is 0 Å². The van der Waals surface area contributed by atoms with E-state index in [2.05, 4.69) is 4.99 Å². The van der Waals surface area contributed by atoms with Crippen molar-refractivity contribution in [1.29, 1.82) is 0 Å². The quantitative estimate of drug-likeness (QED) is 0.940. The highest BCUT2D eigenvalue weighted by Crippen LogP contribution is 2.32. The molecule has 2 aromatic carbocycles. The summed E-state index contributed by atoms with van der Waals surface area (Å²) < 4.78 is 0. The first kappa shape index (κ1) is 13.4. The molecule has 2 atom stereocenters. The number of benzene rings is 2. The maximum Gasteiger partial charge on any atom is 0.328 e. The van der Waals surface area contributed by atoms with Crippen molar-refractivity contribution in [3.63, 3.8) is 0 Å². The van der Waals surface area contributed by atoms with E-state index >= 15 is 0 Å². The number of nitrogens with zero attached hydrogens (tertiary/aromatic N) is 2. The second-order valence-electron chi connectivity index (χ2n) is 5.07. The summed E-state index contributed by atoms with van der Waals surface area (Å²) in [6, 6.07) is 18.2. The van der Waals surface area contributed by atoms with E-state index in [9.17, 15) is 9.90 Å². The number of amidine groups is 1. The summed E-state index contributed by atoms with van der Waals surface area (Å²) in [5.41, 5.74) is 1.85. The topological polar surface area (TPSA) is 52.9 Å². The highest BCUT2D eigenvalue weighted by molar-refractivity contribution is 6.02. The van der Waals surface area contributed by atoms with Gasteiger partial charge in [-0.25, -0.2) is 4.79 Å². The Morgan fingerprint density at radius 3 is 2.19 bits per heavy atom. The number of carboxylic acid groups (broad SMARTS) is 1. The average Bonchev–Trinajstić information content (AvgIpc) is 2.87. The monoisotopic (exact) mass is 280 g/mol.